The summed E-state index contributed by atoms with van der Waals surface area (Å²) in [6, 6.07) is 37.4. The predicted molar refractivity (Wildman–Crippen MR) is 231 cm³/mol. The van der Waals surface area contributed by atoms with E-state index >= 15 is 0 Å². The summed E-state index contributed by atoms with van der Waals surface area (Å²) in [5.41, 5.74) is 4.51. The van der Waals surface area contributed by atoms with E-state index in [2.05, 4.69) is 13.2 Å². The van der Waals surface area contributed by atoms with Crippen LogP contribution in [0.5, 0.6) is 11.5 Å². The van der Waals surface area contributed by atoms with Crippen molar-refractivity contribution in [3.63, 3.8) is 0 Å². The van der Waals surface area contributed by atoms with Gasteiger partial charge in [0.2, 0.25) is 0 Å². The predicted octanol–water partition coefficient (Wildman–Crippen LogP) is 10.6. The lowest BCUT2D eigenvalue weighted by atomic mass is 10.1. The lowest BCUT2D eigenvalue weighted by Crippen LogP contribution is -2.39. The van der Waals surface area contributed by atoms with E-state index in [0.29, 0.717) is 33.8 Å². The number of thioether (sulfide) groups is 4. The number of nitrogens with zero attached hydrogens (tertiary/aromatic N) is 4. The van der Waals surface area contributed by atoms with Gasteiger partial charge in [-0.15, -0.1) is 0 Å². The maximum absolute atomic E-state index is 14.6. The van der Waals surface area contributed by atoms with Crippen LogP contribution in [0.15, 0.2) is 162 Å². The first kappa shape index (κ1) is 39.5. The Balaban J connectivity index is 1.26. The number of nitriles is 2. The Hall–Kier alpha value is -6.35. The Morgan fingerprint density at radius 1 is 0.627 bits per heavy atom. The zero-order valence-corrected chi connectivity index (χ0v) is 34.3. The third-order valence-corrected chi connectivity index (χ3v) is 14.6. The summed E-state index contributed by atoms with van der Waals surface area (Å²) in [6.45, 7) is 8.10. The molecule has 0 unspecified atom stereocenters. The summed E-state index contributed by atoms with van der Waals surface area (Å²) in [4.78, 5) is 45.0. The Morgan fingerprint density at radius 3 is 1.61 bits per heavy atom. The Kier molecular flexibility index (Phi) is 11.5. The van der Waals surface area contributed by atoms with Crippen molar-refractivity contribution in [3.05, 3.63) is 175 Å². The SMILES string of the molecule is C=Cc1ccc(COc2c3c(c(OC(=O)c4ccc(C=C)cc4)c4c2SC(=C2C(=O)N(Cc5ccccc5)N(Cc5ccccc5)C2=O)S4)SC(=C(C#N)C#N)S3)cc1. The first-order valence-electron chi connectivity index (χ1n) is 18.0. The van der Waals surface area contributed by atoms with Gasteiger partial charge in [0.15, 0.2) is 5.75 Å². The van der Waals surface area contributed by atoms with Gasteiger partial charge >= 0.3 is 5.97 Å². The van der Waals surface area contributed by atoms with E-state index in [1.807, 2.05) is 97.1 Å². The molecule has 1 fully saturated rings. The van der Waals surface area contributed by atoms with Crippen LogP contribution in [-0.2, 0) is 29.3 Å². The number of allylic oxidation sites excluding steroid dienone is 1. The average molecular weight is 847 g/mol. The van der Waals surface area contributed by atoms with E-state index in [9.17, 15) is 24.9 Å². The summed E-state index contributed by atoms with van der Waals surface area (Å²) in [6.07, 6.45) is 3.42. The molecule has 0 saturated carbocycles. The van der Waals surface area contributed by atoms with E-state index in [1.54, 1.807) is 36.4 Å². The summed E-state index contributed by atoms with van der Waals surface area (Å²) in [5.74, 6) is -0.983. The van der Waals surface area contributed by atoms with Gasteiger partial charge in [0.1, 0.15) is 35.6 Å². The van der Waals surface area contributed by atoms with E-state index in [-0.39, 0.29) is 42.2 Å². The fourth-order valence-electron chi connectivity index (χ4n) is 6.33. The quantitative estimate of drug-likeness (QED) is 0.0415. The zero-order chi connectivity index (χ0) is 41.0. The Labute approximate surface area is 357 Å². The van der Waals surface area contributed by atoms with Gasteiger partial charge in [0.05, 0.1) is 46.7 Å². The number of hydrogen-bond acceptors (Lipinski definition) is 11. The zero-order valence-electron chi connectivity index (χ0n) is 31.0. The molecule has 0 radical (unpaired) electrons. The highest BCUT2D eigenvalue weighted by molar-refractivity contribution is 8.26. The van der Waals surface area contributed by atoms with Crippen LogP contribution < -0.4 is 9.47 Å². The molecule has 8 rings (SSSR count). The number of carbonyl (C=O) groups is 3. The van der Waals surface area contributed by atoms with Gasteiger partial charge in [-0.05, 0) is 39.9 Å². The molecule has 0 atom stereocenters. The van der Waals surface area contributed by atoms with Crippen LogP contribution in [0.3, 0.4) is 0 Å². The number of carbonyl (C=O) groups excluding carboxylic acids is 3. The van der Waals surface area contributed by atoms with Crippen molar-refractivity contribution in [2.24, 2.45) is 0 Å². The van der Waals surface area contributed by atoms with Gasteiger partial charge in [-0.2, -0.15) is 10.5 Å². The standard InChI is InChI=1S/C46H30N4O5S4/c1-3-28-15-17-32(18-16-28)27-54-36-38-40(57-45(56-38)34(23-47)24-48)37(55-44(53)33-21-19-29(4-2)20-22-33)41-39(36)58-46(59-41)35-42(51)49(25-30-11-7-5-8-12-30)50(43(35)52)26-31-13-9-6-10-14-31/h3-22H,1-2,25-27H2. The van der Waals surface area contributed by atoms with Crippen LogP contribution in [0.1, 0.15) is 38.2 Å². The Bertz CT molecular complexity index is 2630. The number of hydrazine groups is 1. The fraction of sp³-hybridized carbons (Fsp3) is 0.0652. The number of rotatable bonds is 11. The first-order valence-corrected chi connectivity index (χ1v) is 21.3. The number of ether oxygens (including phenoxy) is 2. The number of benzene rings is 5. The minimum Gasteiger partial charge on any atom is -0.486 e. The second-order valence-corrected chi connectivity index (χ2v) is 17.7. The fourth-order valence-corrected chi connectivity index (χ4v) is 11.7. The van der Waals surface area contributed by atoms with Crippen molar-refractivity contribution in [3.8, 4) is 23.6 Å². The van der Waals surface area contributed by atoms with Gasteiger partial charge in [-0.1, -0.05) is 169 Å². The first-order chi connectivity index (χ1) is 28.8. The van der Waals surface area contributed by atoms with Crippen LogP contribution in [0, 0.1) is 22.7 Å². The maximum atomic E-state index is 14.6. The molecule has 3 heterocycles. The van der Waals surface area contributed by atoms with Crippen molar-refractivity contribution < 1.29 is 23.9 Å². The summed E-state index contributed by atoms with van der Waals surface area (Å²) in [5, 5.41) is 22.7. The molecule has 0 bridgehead atoms. The van der Waals surface area contributed by atoms with E-state index < -0.39 is 17.8 Å². The molecule has 13 heteroatoms. The van der Waals surface area contributed by atoms with Crippen molar-refractivity contribution in [1.82, 2.24) is 10.0 Å². The lowest BCUT2D eigenvalue weighted by molar-refractivity contribution is -0.149. The highest BCUT2D eigenvalue weighted by Gasteiger charge is 2.46. The van der Waals surface area contributed by atoms with Gasteiger partial charge in [0.25, 0.3) is 11.8 Å². The van der Waals surface area contributed by atoms with Crippen LogP contribution in [0.4, 0.5) is 0 Å². The van der Waals surface area contributed by atoms with Crippen LogP contribution >= 0.6 is 47.0 Å². The molecule has 288 valence electrons. The van der Waals surface area contributed by atoms with Crippen LogP contribution in [-0.4, -0.2) is 27.8 Å². The van der Waals surface area contributed by atoms with Crippen LogP contribution in [0.2, 0.25) is 0 Å². The second-order valence-electron chi connectivity index (χ2n) is 13.1. The van der Waals surface area contributed by atoms with E-state index in [4.69, 9.17) is 9.47 Å². The summed E-state index contributed by atoms with van der Waals surface area (Å²) < 4.78 is 13.7. The third kappa shape index (κ3) is 7.94. The molecular formula is C46H30N4O5S4. The molecule has 5 aromatic rings. The van der Waals surface area contributed by atoms with Crippen LogP contribution in [0.25, 0.3) is 12.2 Å². The molecule has 2 amide bonds. The normalized spacial score (nSPS) is 14.1. The maximum Gasteiger partial charge on any atom is 0.343 e. The van der Waals surface area contributed by atoms with Gasteiger partial charge in [-0.25, -0.2) is 14.8 Å². The molecular weight excluding hydrogens is 817 g/mol. The molecule has 3 aliphatic heterocycles. The van der Waals surface area contributed by atoms with Gasteiger partial charge in [-0.3, -0.25) is 9.59 Å². The van der Waals surface area contributed by atoms with Gasteiger partial charge < -0.3 is 9.47 Å². The Morgan fingerprint density at radius 2 is 1.10 bits per heavy atom. The monoisotopic (exact) mass is 846 g/mol. The van der Waals surface area contributed by atoms with Crippen molar-refractivity contribution in [2.45, 2.75) is 39.3 Å². The number of fused-ring (bicyclic) bond motifs is 2. The van der Waals surface area contributed by atoms with Gasteiger partial charge in [0, 0.05) is 0 Å². The summed E-state index contributed by atoms with van der Waals surface area (Å²) in [7, 11) is 0. The number of esters is 1. The molecule has 59 heavy (non-hydrogen) atoms. The molecule has 0 spiro atoms. The highest BCUT2D eigenvalue weighted by atomic mass is 32.2. The number of amides is 2. The van der Waals surface area contributed by atoms with Crippen molar-refractivity contribution >= 4 is 77.0 Å². The minimum atomic E-state index is -0.646. The van der Waals surface area contributed by atoms with Crippen molar-refractivity contribution in [1.29, 1.82) is 10.5 Å². The lowest BCUT2D eigenvalue weighted by Gasteiger charge is -2.27. The molecule has 5 aromatic carbocycles. The molecule has 9 nitrogen and oxygen atoms in total. The molecule has 0 aromatic heterocycles. The van der Waals surface area contributed by atoms with E-state index in [0.717, 1.165) is 51.3 Å². The minimum absolute atomic E-state index is 0.0105. The topological polar surface area (TPSA) is 124 Å². The summed E-state index contributed by atoms with van der Waals surface area (Å²) >= 11 is 4.66. The van der Waals surface area contributed by atoms with E-state index in [1.165, 1.54) is 33.5 Å². The third-order valence-electron chi connectivity index (χ3n) is 9.36. The molecule has 3 aliphatic rings. The average Bonchev–Trinajstić information content (AvgIpc) is 3.97. The highest BCUT2D eigenvalue weighted by Crippen LogP contribution is 2.68. The number of hydrogen-bond donors (Lipinski definition) is 0. The largest absolute Gasteiger partial charge is 0.486 e. The molecule has 0 N–H and O–H groups in total. The second kappa shape index (κ2) is 17.2. The van der Waals surface area contributed by atoms with Crippen molar-refractivity contribution in [2.75, 3.05) is 0 Å². The molecule has 0 aliphatic carbocycles. The molecule has 1 saturated heterocycles. The smallest absolute Gasteiger partial charge is 0.343 e.